The third-order valence-corrected chi connectivity index (χ3v) is 4.77. The van der Waals surface area contributed by atoms with Gasteiger partial charge in [0.05, 0.1) is 16.6 Å². The molecule has 0 bridgehead atoms. The van der Waals surface area contributed by atoms with Gasteiger partial charge in [0.25, 0.3) is 5.91 Å². The molecule has 0 aliphatic carbocycles. The van der Waals surface area contributed by atoms with Crippen LogP contribution in [0.4, 0.5) is 23.3 Å². The fraction of sp³-hybridized carbons (Fsp3) is 0.0455. The fourth-order valence-electron chi connectivity index (χ4n) is 3.33. The van der Waals surface area contributed by atoms with Crippen molar-refractivity contribution in [2.24, 2.45) is 0 Å². The Balaban J connectivity index is 1.34. The molecule has 2 amide bonds. The molecule has 0 atom stereocenters. The Bertz CT molecular complexity index is 1460. The lowest BCUT2D eigenvalue weighted by atomic mass is 10.1. The Morgan fingerprint density at radius 2 is 1.88 bits per heavy atom. The van der Waals surface area contributed by atoms with Crippen molar-refractivity contribution in [2.45, 2.75) is 6.92 Å². The van der Waals surface area contributed by atoms with Crippen LogP contribution >= 0.6 is 0 Å². The zero-order valence-electron chi connectivity index (χ0n) is 16.9. The van der Waals surface area contributed by atoms with Crippen LogP contribution in [0.15, 0.2) is 60.8 Å². The van der Waals surface area contributed by atoms with E-state index < -0.39 is 0 Å². The summed E-state index contributed by atoms with van der Waals surface area (Å²) in [6.07, 6.45) is 1.69. The summed E-state index contributed by atoms with van der Waals surface area (Å²) < 4.78 is 0. The van der Waals surface area contributed by atoms with Gasteiger partial charge in [-0.05, 0) is 48.5 Å². The second-order valence-electron chi connectivity index (χ2n) is 7.13. The van der Waals surface area contributed by atoms with Crippen molar-refractivity contribution in [3.63, 3.8) is 0 Å². The highest BCUT2D eigenvalue weighted by Crippen LogP contribution is 2.24. The van der Waals surface area contributed by atoms with Crippen molar-refractivity contribution in [1.82, 2.24) is 25.1 Å². The van der Waals surface area contributed by atoms with E-state index in [2.05, 4.69) is 41.1 Å². The number of pyridine rings is 1. The Morgan fingerprint density at radius 3 is 2.69 bits per heavy atom. The number of imidazole rings is 1. The largest absolute Gasteiger partial charge is 0.324 e. The smallest absolute Gasteiger partial charge is 0.255 e. The molecule has 5 aromatic rings. The van der Waals surface area contributed by atoms with Crippen LogP contribution in [-0.4, -0.2) is 37.0 Å². The summed E-state index contributed by atoms with van der Waals surface area (Å²) >= 11 is 0. The van der Waals surface area contributed by atoms with Gasteiger partial charge in [-0.2, -0.15) is 5.10 Å². The van der Waals surface area contributed by atoms with Crippen molar-refractivity contribution in [3.8, 4) is 0 Å². The lowest BCUT2D eigenvalue weighted by Gasteiger charge is -2.06. The van der Waals surface area contributed by atoms with E-state index in [1.807, 2.05) is 18.2 Å². The third kappa shape index (κ3) is 3.84. The summed E-state index contributed by atoms with van der Waals surface area (Å²) in [5.41, 5.74) is 3.22. The molecule has 0 aliphatic rings. The number of nitrogens with zero attached hydrogens (tertiary/aromatic N) is 3. The maximum absolute atomic E-state index is 12.8. The Morgan fingerprint density at radius 1 is 0.969 bits per heavy atom. The monoisotopic (exact) mass is 426 g/mol. The van der Waals surface area contributed by atoms with Crippen LogP contribution in [0.3, 0.4) is 0 Å². The highest BCUT2D eigenvalue weighted by Gasteiger charge is 2.12. The molecule has 0 spiro atoms. The number of anilines is 4. The minimum Gasteiger partial charge on any atom is -0.324 e. The number of aromatic amines is 2. The van der Waals surface area contributed by atoms with Gasteiger partial charge < -0.3 is 20.9 Å². The molecule has 3 aromatic heterocycles. The first kappa shape index (κ1) is 19.2. The lowest BCUT2D eigenvalue weighted by Crippen LogP contribution is -2.11. The number of aromatic nitrogens is 5. The van der Waals surface area contributed by atoms with Gasteiger partial charge in [0, 0.05) is 29.8 Å². The number of hydrogen-bond acceptors (Lipinski definition) is 6. The molecule has 10 nitrogen and oxygen atoms in total. The molecule has 0 radical (unpaired) electrons. The van der Waals surface area contributed by atoms with Gasteiger partial charge >= 0.3 is 0 Å². The molecular weight excluding hydrogens is 408 g/mol. The van der Waals surface area contributed by atoms with Gasteiger partial charge in [0.15, 0.2) is 5.82 Å². The summed E-state index contributed by atoms with van der Waals surface area (Å²) in [4.78, 5) is 35.9. The van der Waals surface area contributed by atoms with Crippen molar-refractivity contribution in [3.05, 3.63) is 66.4 Å². The van der Waals surface area contributed by atoms with Gasteiger partial charge in [-0.15, -0.1) is 0 Å². The summed E-state index contributed by atoms with van der Waals surface area (Å²) in [5.74, 6) is 1.19. The van der Waals surface area contributed by atoms with Crippen molar-refractivity contribution < 1.29 is 9.59 Å². The molecule has 0 unspecified atom stereocenters. The number of amides is 2. The average Bonchev–Trinajstić information content (AvgIpc) is 3.36. The molecule has 10 heteroatoms. The highest BCUT2D eigenvalue weighted by molar-refractivity contribution is 6.07. The van der Waals surface area contributed by atoms with E-state index in [1.54, 1.807) is 42.6 Å². The lowest BCUT2D eigenvalue weighted by molar-refractivity contribution is -0.114. The molecule has 0 aliphatic heterocycles. The van der Waals surface area contributed by atoms with Gasteiger partial charge in [-0.25, -0.2) is 9.97 Å². The van der Waals surface area contributed by atoms with E-state index in [0.29, 0.717) is 34.4 Å². The highest BCUT2D eigenvalue weighted by atomic mass is 16.2. The Hall–Kier alpha value is -4.73. The van der Waals surface area contributed by atoms with Crippen LogP contribution in [-0.2, 0) is 4.79 Å². The quantitative estimate of drug-likeness (QED) is 0.290. The topological polar surface area (TPSA) is 140 Å². The number of H-pyrrole nitrogens is 2. The third-order valence-electron chi connectivity index (χ3n) is 4.77. The second-order valence-corrected chi connectivity index (χ2v) is 7.13. The molecule has 0 saturated heterocycles. The standard InChI is InChI=1S/C22H18N8O2/c1-12(31)24-20-15-7-6-14(11-17(15)29-30-20)25-21(32)13-5-8-16-18(10-13)27-22(26-16)28-19-4-2-3-9-23-19/h2-11H,1H3,(H,25,32)(H2,23,26,27,28)(H2,24,29,30,31). The van der Waals surface area contributed by atoms with Gasteiger partial charge in [0.2, 0.25) is 11.9 Å². The first-order valence-corrected chi connectivity index (χ1v) is 9.80. The number of rotatable bonds is 5. The van der Waals surface area contributed by atoms with Crippen molar-refractivity contribution in [1.29, 1.82) is 0 Å². The molecule has 32 heavy (non-hydrogen) atoms. The Kier molecular flexibility index (Phi) is 4.71. The molecule has 3 heterocycles. The minimum atomic E-state index is -0.262. The number of benzene rings is 2. The average molecular weight is 426 g/mol. The van der Waals surface area contributed by atoms with Crippen LogP contribution in [0.1, 0.15) is 17.3 Å². The van der Waals surface area contributed by atoms with E-state index in [4.69, 9.17) is 0 Å². The molecule has 0 fully saturated rings. The maximum atomic E-state index is 12.8. The predicted octanol–water partition coefficient (Wildman–Crippen LogP) is 3.79. The second kappa shape index (κ2) is 7.84. The number of fused-ring (bicyclic) bond motifs is 2. The number of carbonyl (C=O) groups excluding carboxylic acids is 2. The van der Waals surface area contributed by atoms with E-state index >= 15 is 0 Å². The normalized spacial score (nSPS) is 10.9. The summed E-state index contributed by atoms with van der Waals surface area (Å²) in [7, 11) is 0. The zero-order valence-corrected chi connectivity index (χ0v) is 16.9. The van der Waals surface area contributed by atoms with Crippen LogP contribution in [0.5, 0.6) is 0 Å². The number of carbonyl (C=O) groups is 2. The van der Waals surface area contributed by atoms with Crippen LogP contribution < -0.4 is 16.0 Å². The summed E-state index contributed by atoms with van der Waals surface area (Å²) in [6, 6.07) is 16.1. The number of hydrogen-bond donors (Lipinski definition) is 5. The van der Waals surface area contributed by atoms with Gasteiger partial charge in [0.1, 0.15) is 5.82 Å². The van der Waals surface area contributed by atoms with Crippen LogP contribution in [0.2, 0.25) is 0 Å². The van der Waals surface area contributed by atoms with Crippen molar-refractivity contribution >= 4 is 57.0 Å². The van der Waals surface area contributed by atoms with E-state index in [9.17, 15) is 9.59 Å². The molecular formula is C22H18N8O2. The van der Waals surface area contributed by atoms with Crippen LogP contribution in [0.25, 0.3) is 21.9 Å². The van der Waals surface area contributed by atoms with E-state index in [1.165, 1.54) is 6.92 Å². The summed E-state index contributed by atoms with van der Waals surface area (Å²) in [6.45, 7) is 1.42. The number of nitrogens with one attached hydrogen (secondary N) is 5. The minimum absolute atomic E-state index is 0.205. The van der Waals surface area contributed by atoms with Crippen LogP contribution in [0, 0.1) is 0 Å². The van der Waals surface area contributed by atoms with E-state index in [-0.39, 0.29) is 11.8 Å². The maximum Gasteiger partial charge on any atom is 0.255 e. The molecule has 5 rings (SSSR count). The molecule has 0 saturated carbocycles. The predicted molar refractivity (Wildman–Crippen MR) is 122 cm³/mol. The zero-order chi connectivity index (χ0) is 22.1. The fourth-order valence-corrected chi connectivity index (χ4v) is 3.33. The first-order valence-electron chi connectivity index (χ1n) is 9.80. The first-order chi connectivity index (χ1) is 15.5. The van der Waals surface area contributed by atoms with Gasteiger partial charge in [-0.3, -0.25) is 14.7 Å². The SMILES string of the molecule is CC(=O)Nc1n[nH]c2cc(NC(=O)c3ccc4nc(Nc5ccccn5)[nH]c4c3)ccc12. The molecule has 2 aromatic carbocycles. The molecule has 5 N–H and O–H groups in total. The Labute approximate surface area is 181 Å². The summed E-state index contributed by atoms with van der Waals surface area (Å²) in [5, 5.41) is 16.3. The van der Waals surface area contributed by atoms with Gasteiger partial charge in [-0.1, -0.05) is 6.07 Å². The van der Waals surface area contributed by atoms with Crippen molar-refractivity contribution in [2.75, 3.05) is 16.0 Å². The van der Waals surface area contributed by atoms with E-state index in [0.717, 1.165) is 16.4 Å². The molecule has 158 valence electrons.